The summed E-state index contributed by atoms with van der Waals surface area (Å²) < 4.78 is 0. The number of carbonyl (C=O) groups is 1. The summed E-state index contributed by atoms with van der Waals surface area (Å²) in [4.78, 5) is 11.3. The number of benzene rings is 1. The number of nitrogens with one attached hydrogen (secondary N) is 2. The summed E-state index contributed by atoms with van der Waals surface area (Å²) in [6.45, 7) is 0.317. The van der Waals surface area contributed by atoms with Gasteiger partial charge in [-0.3, -0.25) is 4.79 Å². The molecule has 0 bridgehead atoms. The minimum atomic E-state index is -0.628. The molecular weight excluding hydrogens is 256 g/mol. The van der Waals surface area contributed by atoms with Crippen molar-refractivity contribution in [3.05, 3.63) is 53.7 Å². The fourth-order valence-electron chi connectivity index (χ4n) is 1.67. The second-order valence-electron chi connectivity index (χ2n) is 4.19. The Balaban J connectivity index is 1.93. The molecule has 20 heavy (non-hydrogen) atoms. The van der Waals surface area contributed by atoms with Gasteiger partial charge in [-0.15, -0.1) is 10.2 Å². The molecule has 2 aromatic rings. The fourth-order valence-corrected chi connectivity index (χ4v) is 1.67. The van der Waals surface area contributed by atoms with Crippen molar-refractivity contribution in [2.24, 2.45) is 0 Å². The topological polar surface area (TPSA) is 87.1 Å². The van der Waals surface area contributed by atoms with Crippen molar-refractivity contribution in [2.75, 3.05) is 18.9 Å². The Morgan fingerprint density at radius 3 is 2.55 bits per heavy atom. The van der Waals surface area contributed by atoms with Gasteiger partial charge in [0, 0.05) is 13.6 Å². The lowest BCUT2D eigenvalue weighted by Crippen LogP contribution is -2.20. The van der Waals surface area contributed by atoms with E-state index in [9.17, 15) is 9.90 Å². The molecule has 0 fully saturated rings. The van der Waals surface area contributed by atoms with Gasteiger partial charge in [0.25, 0.3) is 5.91 Å². The SMILES string of the molecule is CNC(=O)c1ccc(NCC(O)c2ccccc2)nn1. The number of hydrogen-bond acceptors (Lipinski definition) is 5. The Kier molecular flexibility index (Phi) is 4.62. The van der Waals surface area contributed by atoms with E-state index in [1.54, 1.807) is 12.1 Å². The number of aromatic nitrogens is 2. The number of amides is 1. The Morgan fingerprint density at radius 1 is 1.20 bits per heavy atom. The van der Waals surface area contributed by atoms with Crippen LogP contribution in [0.25, 0.3) is 0 Å². The molecule has 6 nitrogen and oxygen atoms in total. The Hall–Kier alpha value is -2.47. The smallest absolute Gasteiger partial charge is 0.271 e. The average Bonchev–Trinajstić information content (AvgIpc) is 2.53. The van der Waals surface area contributed by atoms with Gasteiger partial charge in [-0.05, 0) is 17.7 Å². The second kappa shape index (κ2) is 6.63. The predicted molar refractivity (Wildman–Crippen MR) is 75.3 cm³/mol. The lowest BCUT2D eigenvalue weighted by atomic mass is 10.1. The van der Waals surface area contributed by atoms with Crippen LogP contribution < -0.4 is 10.6 Å². The number of anilines is 1. The highest BCUT2D eigenvalue weighted by molar-refractivity contribution is 5.91. The molecule has 1 aromatic heterocycles. The first-order chi connectivity index (χ1) is 9.70. The van der Waals surface area contributed by atoms with E-state index in [0.29, 0.717) is 12.4 Å². The molecule has 1 atom stereocenters. The van der Waals surface area contributed by atoms with Crippen LogP contribution >= 0.6 is 0 Å². The highest BCUT2D eigenvalue weighted by atomic mass is 16.3. The third-order valence-electron chi connectivity index (χ3n) is 2.79. The molecule has 6 heteroatoms. The molecule has 1 unspecified atom stereocenters. The summed E-state index contributed by atoms with van der Waals surface area (Å²) in [6.07, 6.45) is -0.628. The molecule has 1 heterocycles. The van der Waals surface area contributed by atoms with Crippen LogP contribution in [0.3, 0.4) is 0 Å². The molecule has 104 valence electrons. The van der Waals surface area contributed by atoms with E-state index < -0.39 is 6.10 Å². The zero-order chi connectivity index (χ0) is 14.4. The summed E-state index contributed by atoms with van der Waals surface area (Å²) in [5.74, 6) is 0.223. The van der Waals surface area contributed by atoms with E-state index in [1.807, 2.05) is 30.3 Å². The van der Waals surface area contributed by atoms with Crippen LogP contribution in [0.15, 0.2) is 42.5 Å². The fraction of sp³-hybridized carbons (Fsp3) is 0.214. The maximum Gasteiger partial charge on any atom is 0.271 e. The molecule has 3 N–H and O–H groups in total. The Labute approximate surface area is 116 Å². The van der Waals surface area contributed by atoms with E-state index in [2.05, 4.69) is 20.8 Å². The molecule has 2 rings (SSSR count). The standard InChI is InChI=1S/C14H16N4O2/c1-15-14(20)11-7-8-13(18-17-11)16-9-12(19)10-5-3-2-4-6-10/h2-8,12,19H,9H2,1H3,(H,15,20)(H,16,18). The lowest BCUT2D eigenvalue weighted by Gasteiger charge is -2.12. The maximum atomic E-state index is 11.3. The lowest BCUT2D eigenvalue weighted by molar-refractivity contribution is 0.0957. The van der Waals surface area contributed by atoms with Crippen LogP contribution in [0, 0.1) is 0 Å². The van der Waals surface area contributed by atoms with E-state index >= 15 is 0 Å². The zero-order valence-electron chi connectivity index (χ0n) is 11.1. The van der Waals surface area contributed by atoms with Crippen LogP contribution in [0.5, 0.6) is 0 Å². The summed E-state index contributed by atoms with van der Waals surface area (Å²) in [6, 6.07) is 12.6. The predicted octanol–water partition coefficient (Wildman–Crippen LogP) is 0.982. The Bertz CT molecular complexity index is 557. The van der Waals surface area contributed by atoms with Gasteiger partial charge in [-0.1, -0.05) is 30.3 Å². The molecule has 0 aliphatic rings. The van der Waals surface area contributed by atoms with Gasteiger partial charge in [0.1, 0.15) is 5.82 Å². The van der Waals surface area contributed by atoms with Crippen molar-refractivity contribution >= 4 is 11.7 Å². The van der Waals surface area contributed by atoms with Crippen molar-refractivity contribution < 1.29 is 9.90 Å². The van der Waals surface area contributed by atoms with Crippen molar-refractivity contribution in [2.45, 2.75) is 6.10 Å². The maximum absolute atomic E-state index is 11.3. The molecule has 0 aliphatic heterocycles. The first kappa shape index (κ1) is 14.0. The molecular formula is C14H16N4O2. The molecule has 0 aliphatic carbocycles. The molecule has 0 radical (unpaired) electrons. The Morgan fingerprint density at radius 2 is 1.95 bits per heavy atom. The summed E-state index contributed by atoms with van der Waals surface area (Å²) in [7, 11) is 1.53. The normalized spacial score (nSPS) is 11.7. The number of aliphatic hydroxyl groups excluding tert-OH is 1. The van der Waals surface area contributed by atoms with E-state index in [4.69, 9.17) is 0 Å². The van der Waals surface area contributed by atoms with Gasteiger partial charge in [-0.2, -0.15) is 0 Å². The third kappa shape index (κ3) is 3.52. The van der Waals surface area contributed by atoms with Crippen LogP contribution in [-0.2, 0) is 0 Å². The van der Waals surface area contributed by atoms with Crippen LogP contribution in [0.1, 0.15) is 22.2 Å². The third-order valence-corrected chi connectivity index (χ3v) is 2.79. The summed E-state index contributed by atoms with van der Waals surface area (Å²) >= 11 is 0. The van der Waals surface area contributed by atoms with Gasteiger partial charge in [0.2, 0.25) is 0 Å². The second-order valence-corrected chi connectivity index (χ2v) is 4.19. The highest BCUT2D eigenvalue weighted by Gasteiger charge is 2.08. The first-order valence-electron chi connectivity index (χ1n) is 6.23. The monoisotopic (exact) mass is 272 g/mol. The van der Waals surface area contributed by atoms with Crippen molar-refractivity contribution in [3.63, 3.8) is 0 Å². The largest absolute Gasteiger partial charge is 0.387 e. The van der Waals surface area contributed by atoms with E-state index in [-0.39, 0.29) is 11.6 Å². The number of nitrogens with zero attached hydrogens (tertiary/aromatic N) is 2. The molecule has 1 amide bonds. The summed E-state index contributed by atoms with van der Waals surface area (Å²) in [5.41, 5.74) is 1.08. The van der Waals surface area contributed by atoms with Gasteiger partial charge in [0.05, 0.1) is 6.10 Å². The molecule has 0 saturated heterocycles. The first-order valence-corrected chi connectivity index (χ1v) is 6.23. The van der Waals surface area contributed by atoms with Gasteiger partial charge >= 0.3 is 0 Å². The average molecular weight is 272 g/mol. The summed E-state index contributed by atoms with van der Waals surface area (Å²) in [5, 5.41) is 23.1. The highest BCUT2D eigenvalue weighted by Crippen LogP contribution is 2.12. The van der Waals surface area contributed by atoms with Crippen molar-refractivity contribution in [1.29, 1.82) is 0 Å². The quantitative estimate of drug-likeness (QED) is 0.755. The van der Waals surface area contributed by atoms with Crippen molar-refractivity contribution in [1.82, 2.24) is 15.5 Å². The van der Waals surface area contributed by atoms with E-state index in [0.717, 1.165) is 5.56 Å². The number of rotatable bonds is 5. The molecule has 0 spiro atoms. The minimum Gasteiger partial charge on any atom is -0.387 e. The van der Waals surface area contributed by atoms with Crippen molar-refractivity contribution in [3.8, 4) is 0 Å². The van der Waals surface area contributed by atoms with Crippen LogP contribution in [-0.4, -0.2) is 34.8 Å². The van der Waals surface area contributed by atoms with Gasteiger partial charge in [-0.25, -0.2) is 0 Å². The zero-order valence-corrected chi connectivity index (χ0v) is 11.1. The van der Waals surface area contributed by atoms with Gasteiger partial charge in [0.15, 0.2) is 5.69 Å². The number of carbonyl (C=O) groups excluding carboxylic acids is 1. The molecule has 0 saturated carbocycles. The molecule has 1 aromatic carbocycles. The van der Waals surface area contributed by atoms with Crippen LogP contribution in [0.4, 0.5) is 5.82 Å². The van der Waals surface area contributed by atoms with Crippen LogP contribution in [0.2, 0.25) is 0 Å². The minimum absolute atomic E-state index is 0.252. The van der Waals surface area contributed by atoms with Gasteiger partial charge < -0.3 is 15.7 Å². The number of hydrogen-bond donors (Lipinski definition) is 3. The van der Waals surface area contributed by atoms with E-state index in [1.165, 1.54) is 7.05 Å². The number of aliphatic hydroxyl groups is 1.